The number of nitrogens with zero attached hydrogens (tertiary/aromatic N) is 4. The summed E-state index contributed by atoms with van der Waals surface area (Å²) in [5, 5.41) is 10.3. The second-order valence-electron chi connectivity index (χ2n) is 3.25. The summed E-state index contributed by atoms with van der Waals surface area (Å²) in [6.07, 6.45) is 9.18. The smallest absolute Gasteiger partial charge is 0.148 e. The van der Waals surface area contributed by atoms with Crippen molar-refractivity contribution >= 4 is 0 Å². The predicted molar refractivity (Wildman–Crippen MR) is 52.7 cm³/mol. The maximum Gasteiger partial charge on any atom is 0.148 e. The highest BCUT2D eigenvalue weighted by Crippen LogP contribution is 2.23. The fourth-order valence-electron chi connectivity index (χ4n) is 1.23. The van der Waals surface area contributed by atoms with Crippen LogP contribution in [0.3, 0.4) is 0 Å². The summed E-state index contributed by atoms with van der Waals surface area (Å²) in [7, 11) is 0. The minimum Gasteiger partial charge on any atom is -0.377 e. The monoisotopic (exact) mass is 202 g/mol. The van der Waals surface area contributed by atoms with E-state index >= 15 is 0 Å². The van der Waals surface area contributed by atoms with Crippen molar-refractivity contribution in [2.75, 3.05) is 0 Å². The van der Waals surface area contributed by atoms with Crippen molar-refractivity contribution in [3.8, 4) is 0 Å². The lowest BCUT2D eigenvalue weighted by molar-refractivity contribution is 0.0917. The highest BCUT2D eigenvalue weighted by atomic mass is 16.3. The van der Waals surface area contributed by atoms with Gasteiger partial charge in [-0.2, -0.15) is 0 Å². The molecule has 5 nitrogen and oxygen atoms in total. The van der Waals surface area contributed by atoms with E-state index in [1.165, 1.54) is 24.8 Å². The lowest BCUT2D eigenvalue weighted by Crippen LogP contribution is -2.25. The molecule has 0 aliphatic heterocycles. The van der Waals surface area contributed by atoms with Gasteiger partial charge >= 0.3 is 0 Å². The first-order valence-electron chi connectivity index (χ1n) is 4.46. The molecule has 2 aromatic rings. The molecule has 2 aromatic heterocycles. The third-order valence-electron chi connectivity index (χ3n) is 2.12. The molecule has 2 rings (SSSR count). The van der Waals surface area contributed by atoms with Crippen molar-refractivity contribution in [2.45, 2.75) is 12.5 Å². The van der Waals surface area contributed by atoms with Crippen molar-refractivity contribution in [2.24, 2.45) is 0 Å². The summed E-state index contributed by atoms with van der Waals surface area (Å²) < 4.78 is 0. The third-order valence-corrected chi connectivity index (χ3v) is 2.12. The summed E-state index contributed by atoms with van der Waals surface area (Å²) >= 11 is 0. The molecule has 0 amide bonds. The van der Waals surface area contributed by atoms with Crippen molar-refractivity contribution in [1.82, 2.24) is 19.9 Å². The zero-order chi connectivity index (χ0) is 10.7. The van der Waals surface area contributed by atoms with Crippen LogP contribution in [-0.2, 0) is 5.60 Å². The molecule has 0 radical (unpaired) electrons. The molecule has 0 aliphatic carbocycles. The van der Waals surface area contributed by atoms with Crippen LogP contribution in [0, 0.1) is 0 Å². The van der Waals surface area contributed by atoms with E-state index in [-0.39, 0.29) is 0 Å². The van der Waals surface area contributed by atoms with Crippen molar-refractivity contribution in [3.63, 3.8) is 0 Å². The molecular formula is C10H10N4O. The quantitative estimate of drug-likeness (QED) is 0.768. The zero-order valence-electron chi connectivity index (χ0n) is 8.20. The van der Waals surface area contributed by atoms with Crippen LogP contribution in [0.25, 0.3) is 0 Å². The Morgan fingerprint density at radius 3 is 1.73 bits per heavy atom. The molecule has 76 valence electrons. The first-order valence-corrected chi connectivity index (χ1v) is 4.46. The summed E-state index contributed by atoms with van der Waals surface area (Å²) in [6.45, 7) is 1.61. The van der Waals surface area contributed by atoms with Crippen LogP contribution in [0.1, 0.15) is 18.3 Å². The summed E-state index contributed by atoms with van der Waals surface area (Å²) in [5.74, 6) is 0. The fraction of sp³-hybridized carbons (Fsp3) is 0.200. The van der Waals surface area contributed by atoms with Gasteiger partial charge in [-0.25, -0.2) is 0 Å². The molecule has 0 saturated heterocycles. The normalized spacial score (nSPS) is 11.3. The number of hydrogen-bond donors (Lipinski definition) is 1. The second kappa shape index (κ2) is 3.70. The van der Waals surface area contributed by atoms with E-state index in [1.54, 1.807) is 19.3 Å². The van der Waals surface area contributed by atoms with Crippen LogP contribution < -0.4 is 0 Å². The average molecular weight is 202 g/mol. The molecule has 0 aliphatic rings. The van der Waals surface area contributed by atoms with Crippen LogP contribution in [0.15, 0.2) is 37.2 Å². The minimum atomic E-state index is -1.26. The van der Waals surface area contributed by atoms with Gasteiger partial charge in [0.05, 0.1) is 23.8 Å². The molecule has 0 saturated carbocycles. The van der Waals surface area contributed by atoms with Gasteiger partial charge in [-0.15, -0.1) is 0 Å². The topological polar surface area (TPSA) is 71.8 Å². The van der Waals surface area contributed by atoms with Crippen molar-refractivity contribution in [1.29, 1.82) is 0 Å². The first-order chi connectivity index (χ1) is 7.21. The third kappa shape index (κ3) is 1.82. The Bertz CT molecular complexity index is 388. The van der Waals surface area contributed by atoms with Crippen LogP contribution in [0.4, 0.5) is 0 Å². The van der Waals surface area contributed by atoms with E-state index < -0.39 is 5.60 Å². The Labute approximate surface area is 86.9 Å². The molecule has 0 atom stereocenters. The van der Waals surface area contributed by atoms with Crippen LogP contribution in [-0.4, -0.2) is 25.0 Å². The van der Waals surface area contributed by atoms with Gasteiger partial charge in [0, 0.05) is 24.8 Å². The number of hydrogen-bond acceptors (Lipinski definition) is 5. The van der Waals surface area contributed by atoms with Gasteiger partial charge in [0.15, 0.2) is 0 Å². The maximum absolute atomic E-state index is 10.3. The molecule has 0 unspecified atom stereocenters. The van der Waals surface area contributed by atoms with Gasteiger partial charge < -0.3 is 5.11 Å². The molecule has 5 heteroatoms. The maximum atomic E-state index is 10.3. The molecule has 0 bridgehead atoms. The van der Waals surface area contributed by atoms with E-state index in [0.29, 0.717) is 11.4 Å². The number of rotatable bonds is 2. The molecule has 0 aromatic carbocycles. The van der Waals surface area contributed by atoms with E-state index in [9.17, 15) is 5.11 Å². The number of aliphatic hydroxyl groups is 1. The summed E-state index contributed by atoms with van der Waals surface area (Å²) in [4.78, 5) is 15.9. The van der Waals surface area contributed by atoms with Gasteiger partial charge in [0.2, 0.25) is 0 Å². The Kier molecular flexibility index (Phi) is 2.39. The fourth-order valence-corrected chi connectivity index (χ4v) is 1.23. The number of aromatic nitrogens is 4. The van der Waals surface area contributed by atoms with Crippen molar-refractivity contribution in [3.05, 3.63) is 48.6 Å². The summed E-state index contributed by atoms with van der Waals surface area (Å²) in [5.41, 5.74) is -0.362. The second-order valence-corrected chi connectivity index (χ2v) is 3.25. The lowest BCUT2D eigenvalue weighted by Gasteiger charge is -2.20. The average Bonchev–Trinajstić information content (AvgIpc) is 2.31. The molecular weight excluding hydrogens is 192 g/mol. The van der Waals surface area contributed by atoms with Crippen LogP contribution >= 0.6 is 0 Å². The van der Waals surface area contributed by atoms with E-state index in [2.05, 4.69) is 19.9 Å². The highest BCUT2D eigenvalue weighted by Gasteiger charge is 2.28. The van der Waals surface area contributed by atoms with Crippen LogP contribution in [0.5, 0.6) is 0 Å². The Hall–Kier alpha value is -1.88. The standard InChI is InChI=1S/C10H10N4O/c1-10(15,8-6-11-2-4-13-8)9-7-12-3-5-14-9/h2-7,15H,1H3. The van der Waals surface area contributed by atoms with Gasteiger partial charge in [0.1, 0.15) is 5.60 Å². The minimum absolute atomic E-state index is 0.450. The lowest BCUT2D eigenvalue weighted by atomic mass is 9.99. The Morgan fingerprint density at radius 1 is 0.933 bits per heavy atom. The van der Waals surface area contributed by atoms with Crippen LogP contribution in [0.2, 0.25) is 0 Å². The highest BCUT2D eigenvalue weighted by molar-refractivity contribution is 5.21. The van der Waals surface area contributed by atoms with Crippen molar-refractivity contribution < 1.29 is 5.11 Å². The molecule has 0 spiro atoms. The largest absolute Gasteiger partial charge is 0.377 e. The Balaban J connectivity index is 2.44. The molecule has 1 N–H and O–H groups in total. The first kappa shape index (κ1) is 9.67. The van der Waals surface area contributed by atoms with Gasteiger partial charge in [-0.05, 0) is 6.92 Å². The van der Waals surface area contributed by atoms with E-state index in [0.717, 1.165) is 0 Å². The van der Waals surface area contributed by atoms with Gasteiger partial charge in [-0.3, -0.25) is 19.9 Å². The van der Waals surface area contributed by atoms with Gasteiger partial charge in [-0.1, -0.05) is 0 Å². The molecule has 0 fully saturated rings. The predicted octanol–water partition coefficient (Wildman–Crippen LogP) is 0.522. The molecule has 2 heterocycles. The Morgan fingerprint density at radius 2 is 1.40 bits per heavy atom. The zero-order valence-corrected chi connectivity index (χ0v) is 8.20. The molecule has 15 heavy (non-hydrogen) atoms. The van der Waals surface area contributed by atoms with Gasteiger partial charge in [0.25, 0.3) is 0 Å². The SMILES string of the molecule is CC(O)(c1cnccn1)c1cnccn1. The summed E-state index contributed by atoms with van der Waals surface area (Å²) in [6, 6.07) is 0. The van der Waals surface area contributed by atoms with E-state index in [4.69, 9.17) is 0 Å². The van der Waals surface area contributed by atoms with E-state index in [1.807, 2.05) is 0 Å².